The molecule has 0 fully saturated rings. The molecule has 0 radical (unpaired) electrons. The molecule has 1 aromatic rings. The SMILES string of the molecule is C#CCC(C)NCc1cccc(F)c1Br. The van der Waals surface area contributed by atoms with Crippen LogP contribution in [0.3, 0.4) is 0 Å². The van der Waals surface area contributed by atoms with Gasteiger partial charge in [-0.25, -0.2) is 4.39 Å². The van der Waals surface area contributed by atoms with E-state index in [4.69, 9.17) is 6.42 Å². The molecule has 1 atom stereocenters. The monoisotopic (exact) mass is 269 g/mol. The van der Waals surface area contributed by atoms with E-state index in [9.17, 15) is 4.39 Å². The van der Waals surface area contributed by atoms with Crippen molar-refractivity contribution in [2.45, 2.75) is 25.9 Å². The minimum absolute atomic E-state index is 0.237. The predicted octanol–water partition coefficient (Wildman–Crippen LogP) is 3.09. The predicted molar refractivity (Wildman–Crippen MR) is 63.9 cm³/mol. The third kappa shape index (κ3) is 3.65. The molecule has 0 aromatic heterocycles. The number of hydrogen-bond donors (Lipinski definition) is 1. The highest BCUT2D eigenvalue weighted by Crippen LogP contribution is 2.20. The van der Waals surface area contributed by atoms with E-state index in [0.717, 1.165) is 5.56 Å². The molecular weight excluding hydrogens is 257 g/mol. The number of nitrogens with one attached hydrogen (secondary N) is 1. The molecular formula is C12H13BrFN. The number of benzene rings is 1. The van der Waals surface area contributed by atoms with Crippen LogP contribution in [0.25, 0.3) is 0 Å². The molecule has 1 nitrogen and oxygen atoms in total. The van der Waals surface area contributed by atoms with Crippen LogP contribution in [-0.4, -0.2) is 6.04 Å². The van der Waals surface area contributed by atoms with Crippen LogP contribution in [0.1, 0.15) is 18.9 Å². The Hall–Kier alpha value is -0.850. The van der Waals surface area contributed by atoms with Gasteiger partial charge in [-0.1, -0.05) is 12.1 Å². The molecule has 15 heavy (non-hydrogen) atoms. The summed E-state index contributed by atoms with van der Waals surface area (Å²) in [7, 11) is 0. The highest BCUT2D eigenvalue weighted by molar-refractivity contribution is 9.10. The van der Waals surface area contributed by atoms with E-state index in [1.807, 2.05) is 13.0 Å². The molecule has 0 saturated carbocycles. The third-order valence-corrected chi connectivity index (χ3v) is 2.98. The van der Waals surface area contributed by atoms with E-state index < -0.39 is 0 Å². The summed E-state index contributed by atoms with van der Waals surface area (Å²) in [5.41, 5.74) is 0.902. The summed E-state index contributed by atoms with van der Waals surface area (Å²) in [5.74, 6) is 2.34. The summed E-state index contributed by atoms with van der Waals surface area (Å²) >= 11 is 3.21. The maximum absolute atomic E-state index is 13.1. The Labute approximate surface area is 98.2 Å². The summed E-state index contributed by atoms with van der Waals surface area (Å²) in [5, 5.41) is 3.23. The Morgan fingerprint density at radius 2 is 2.33 bits per heavy atom. The van der Waals surface area contributed by atoms with Crippen LogP contribution >= 0.6 is 15.9 Å². The molecule has 0 saturated heterocycles. The molecule has 0 spiro atoms. The summed E-state index contributed by atoms with van der Waals surface area (Å²) in [6, 6.07) is 5.25. The zero-order chi connectivity index (χ0) is 11.3. The van der Waals surface area contributed by atoms with Crippen LogP contribution in [0.15, 0.2) is 22.7 Å². The first-order chi connectivity index (χ1) is 7.15. The molecule has 80 valence electrons. The first-order valence-electron chi connectivity index (χ1n) is 4.75. The van der Waals surface area contributed by atoms with Gasteiger partial charge in [0.2, 0.25) is 0 Å². The van der Waals surface area contributed by atoms with Gasteiger partial charge in [-0.15, -0.1) is 12.3 Å². The van der Waals surface area contributed by atoms with E-state index in [1.165, 1.54) is 6.07 Å². The second kappa shape index (κ2) is 5.89. The lowest BCUT2D eigenvalue weighted by Crippen LogP contribution is -2.25. The van der Waals surface area contributed by atoms with E-state index in [2.05, 4.69) is 27.2 Å². The van der Waals surface area contributed by atoms with Crippen molar-refractivity contribution >= 4 is 15.9 Å². The van der Waals surface area contributed by atoms with Gasteiger partial charge in [-0.3, -0.25) is 0 Å². The normalized spacial score (nSPS) is 12.1. The van der Waals surface area contributed by atoms with Crippen molar-refractivity contribution < 1.29 is 4.39 Å². The van der Waals surface area contributed by atoms with E-state index in [0.29, 0.717) is 17.4 Å². The van der Waals surface area contributed by atoms with Gasteiger partial charge in [0, 0.05) is 19.0 Å². The number of halogens is 2. The van der Waals surface area contributed by atoms with E-state index in [-0.39, 0.29) is 11.9 Å². The average Bonchev–Trinajstić information content (AvgIpc) is 2.21. The van der Waals surface area contributed by atoms with Crippen molar-refractivity contribution in [2.24, 2.45) is 0 Å². The molecule has 0 aliphatic carbocycles. The second-order valence-electron chi connectivity index (χ2n) is 3.40. The molecule has 1 unspecified atom stereocenters. The Bertz CT molecular complexity index is 370. The first kappa shape index (κ1) is 12.2. The van der Waals surface area contributed by atoms with Gasteiger partial charge in [-0.2, -0.15) is 0 Å². The minimum Gasteiger partial charge on any atom is -0.309 e. The van der Waals surface area contributed by atoms with Gasteiger partial charge in [0.25, 0.3) is 0 Å². The van der Waals surface area contributed by atoms with Crippen LogP contribution < -0.4 is 5.32 Å². The fourth-order valence-electron chi connectivity index (χ4n) is 1.22. The van der Waals surface area contributed by atoms with Gasteiger partial charge in [0.15, 0.2) is 0 Å². The Balaban J connectivity index is 2.58. The lowest BCUT2D eigenvalue weighted by Gasteiger charge is -2.11. The van der Waals surface area contributed by atoms with Crippen molar-refractivity contribution in [3.63, 3.8) is 0 Å². The summed E-state index contributed by atoms with van der Waals surface area (Å²) in [4.78, 5) is 0. The Morgan fingerprint density at radius 3 is 3.00 bits per heavy atom. The average molecular weight is 270 g/mol. The Kier molecular flexibility index (Phi) is 4.80. The van der Waals surface area contributed by atoms with E-state index >= 15 is 0 Å². The van der Waals surface area contributed by atoms with Crippen molar-refractivity contribution in [2.75, 3.05) is 0 Å². The third-order valence-electron chi connectivity index (χ3n) is 2.10. The van der Waals surface area contributed by atoms with Crippen LogP contribution in [0.4, 0.5) is 4.39 Å². The van der Waals surface area contributed by atoms with Gasteiger partial charge in [-0.05, 0) is 34.5 Å². The van der Waals surface area contributed by atoms with Crippen LogP contribution in [0.5, 0.6) is 0 Å². The fourth-order valence-corrected chi connectivity index (χ4v) is 1.62. The van der Waals surface area contributed by atoms with Crippen molar-refractivity contribution in [1.82, 2.24) is 5.32 Å². The van der Waals surface area contributed by atoms with Crippen molar-refractivity contribution in [3.8, 4) is 12.3 Å². The maximum Gasteiger partial charge on any atom is 0.137 e. The molecule has 3 heteroatoms. The minimum atomic E-state index is -0.237. The van der Waals surface area contributed by atoms with Gasteiger partial charge in [0.1, 0.15) is 5.82 Å². The molecule has 1 aromatic carbocycles. The lowest BCUT2D eigenvalue weighted by atomic mass is 10.2. The molecule has 1 rings (SSSR count). The van der Waals surface area contributed by atoms with Crippen LogP contribution in [0, 0.1) is 18.2 Å². The van der Waals surface area contributed by atoms with Crippen molar-refractivity contribution in [3.05, 3.63) is 34.1 Å². The van der Waals surface area contributed by atoms with Gasteiger partial charge < -0.3 is 5.32 Å². The second-order valence-corrected chi connectivity index (χ2v) is 4.20. The smallest absolute Gasteiger partial charge is 0.137 e. The standard InChI is InChI=1S/C12H13BrFN/c1-3-5-9(2)15-8-10-6-4-7-11(14)12(10)13/h1,4,6-7,9,15H,5,8H2,2H3. The molecule has 0 aliphatic rings. The molecule has 0 amide bonds. The van der Waals surface area contributed by atoms with Gasteiger partial charge in [0.05, 0.1) is 4.47 Å². The first-order valence-corrected chi connectivity index (χ1v) is 5.54. The molecule has 0 aliphatic heterocycles. The number of terminal acetylenes is 1. The van der Waals surface area contributed by atoms with Crippen molar-refractivity contribution in [1.29, 1.82) is 0 Å². The van der Waals surface area contributed by atoms with Gasteiger partial charge >= 0.3 is 0 Å². The topological polar surface area (TPSA) is 12.0 Å². The zero-order valence-corrected chi connectivity index (χ0v) is 10.1. The highest BCUT2D eigenvalue weighted by Gasteiger charge is 2.06. The zero-order valence-electron chi connectivity index (χ0n) is 8.56. The lowest BCUT2D eigenvalue weighted by molar-refractivity contribution is 0.553. The quantitative estimate of drug-likeness (QED) is 0.829. The molecule has 1 N–H and O–H groups in total. The van der Waals surface area contributed by atoms with Crippen LogP contribution in [-0.2, 0) is 6.54 Å². The fraction of sp³-hybridized carbons (Fsp3) is 0.333. The summed E-state index contributed by atoms with van der Waals surface area (Å²) in [6.45, 7) is 2.62. The highest BCUT2D eigenvalue weighted by atomic mass is 79.9. The van der Waals surface area contributed by atoms with Crippen LogP contribution in [0.2, 0.25) is 0 Å². The molecule has 0 heterocycles. The molecule has 0 bridgehead atoms. The Morgan fingerprint density at radius 1 is 1.60 bits per heavy atom. The summed E-state index contributed by atoms with van der Waals surface area (Å²) < 4.78 is 13.7. The maximum atomic E-state index is 13.1. The number of hydrogen-bond acceptors (Lipinski definition) is 1. The largest absolute Gasteiger partial charge is 0.309 e. The summed E-state index contributed by atoms with van der Waals surface area (Å²) in [6.07, 6.45) is 5.87. The number of rotatable bonds is 4. The van der Waals surface area contributed by atoms with E-state index in [1.54, 1.807) is 6.07 Å².